The summed E-state index contributed by atoms with van der Waals surface area (Å²) < 4.78 is 20.8. The van der Waals surface area contributed by atoms with Crippen LogP contribution in [0.3, 0.4) is 0 Å². The number of hydrogen-bond donors (Lipinski definition) is 1. The molecule has 1 fully saturated rings. The van der Waals surface area contributed by atoms with Gasteiger partial charge in [0.25, 0.3) is 0 Å². The molecule has 3 atom stereocenters. The zero-order chi connectivity index (χ0) is 25.5. The van der Waals surface area contributed by atoms with E-state index in [4.69, 9.17) is 4.74 Å². The predicted molar refractivity (Wildman–Crippen MR) is 140 cm³/mol. The highest BCUT2D eigenvalue weighted by Gasteiger charge is 2.31. The van der Waals surface area contributed by atoms with Crippen molar-refractivity contribution in [3.05, 3.63) is 71.4 Å². The Kier molecular flexibility index (Phi) is 8.56. The number of benzene rings is 2. The van der Waals surface area contributed by atoms with E-state index >= 15 is 4.39 Å². The van der Waals surface area contributed by atoms with E-state index < -0.39 is 12.1 Å². The lowest BCUT2D eigenvalue weighted by molar-refractivity contribution is -0.139. The smallest absolute Gasteiger partial charge is 0.303 e. The Hall–Kier alpha value is -3.43. The van der Waals surface area contributed by atoms with E-state index in [0.29, 0.717) is 37.2 Å². The van der Waals surface area contributed by atoms with E-state index in [9.17, 15) is 9.90 Å². The Bertz CT molecular complexity index is 1250. The van der Waals surface area contributed by atoms with Crippen LogP contribution in [0.5, 0.6) is 5.75 Å². The number of aromatic nitrogens is 1. The molecule has 4 rings (SSSR count). The van der Waals surface area contributed by atoms with Gasteiger partial charge in [-0.2, -0.15) is 0 Å². The number of aryl methyl sites for hydroxylation is 1. The van der Waals surface area contributed by atoms with Crippen molar-refractivity contribution in [2.24, 2.45) is 11.8 Å². The highest BCUT2D eigenvalue weighted by Crippen LogP contribution is 2.36. The number of nitrogens with zero attached hydrogens (tertiary/aromatic N) is 2. The molecule has 0 saturated carbocycles. The second kappa shape index (κ2) is 12.0. The van der Waals surface area contributed by atoms with Gasteiger partial charge in [-0.3, -0.25) is 14.7 Å². The fraction of sp³-hybridized carbons (Fsp3) is 0.400. The highest BCUT2D eigenvalue weighted by atomic mass is 19.1. The number of ether oxygens (including phenoxy) is 1. The molecular formula is C30H33FN2O3. The first-order valence-electron chi connectivity index (χ1n) is 12.5. The van der Waals surface area contributed by atoms with Gasteiger partial charge >= 0.3 is 5.97 Å². The van der Waals surface area contributed by atoms with E-state index in [2.05, 4.69) is 21.7 Å². The first-order chi connectivity index (χ1) is 17.4. The molecule has 6 heteroatoms. The van der Waals surface area contributed by atoms with Crippen LogP contribution < -0.4 is 4.74 Å². The minimum Gasteiger partial charge on any atom is -0.497 e. The number of fused-ring (bicyclic) bond motifs is 1. The molecule has 2 heterocycles. The number of methoxy groups -OCH3 is 1. The van der Waals surface area contributed by atoms with Crippen LogP contribution in [0.4, 0.5) is 4.39 Å². The summed E-state index contributed by atoms with van der Waals surface area (Å²) in [6, 6.07) is 15.3. The molecule has 1 N–H and O–H groups in total. The molecule has 1 saturated heterocycles. The molecule has 36 heavy (non-hydrogen) atoms. The van der Waals surface area contributed by atoms with E-state index in [1.807, 2.05) is 49.4 Å². The zero-order valence-corrected chi connectivity index (χ0v) is 20.9. The maximum atomic E-state index is 15.5. The van der Waals surface area contributed by atoms with Crippen molar-refractivity contribution in [1.82, 2.24) is 9.88 Å². The van der Waals surface area contributed by atoms with Gasteiger partial charge in [0.05, 0.1) is 19.2 Å². The summed E-state index contributed by atoms with van der Waals surface area (Å²) in [5.41, 5.74) is 3.52. The molecule has 0 bridgehead atoms. The van der Waals surface area contributed by atoms with Crippen molar-refractivity contribution < 1.29 is 19.0 Å². The molecular weight excluding hydrogens is 455 g/mol. The first-order valence-corrected chi connectivity index (χ1v) is 12.5. The van der Waals surface area contributed by atoms with E-state index in [1.165, 1.54) is 5.56 Å². The van der Waals surface area contributed by atoms with Crippen LogP contribution in [0.15, 0.2) is 54.7 Å². The monoisotopic (exact) mass is 488 g/mol. The molecule has 1 aliphatic rings. The number of alkyl halides is 1. The number of hydrogen-bond acceptors (Lipinski definition) is 4. The Morgan fingerprint density at radius 1 is 1.22 bits per heavy atom. The Morgan fingerprint density at radius 3 is 2.78 bits per heavy atom. The topological polar surface area (TPSA) is 62.7 Å². The van der Waals surface area contributed by atoms with Gasteiger partial charge in [0.1, 0.15) is 11.9 Å². The van der Waals surface area contributed by atoms with Crippen molar-refractivity contribution in [1.29, 1.82) is 0 Å². The van der Waals surface area contributed by atoms with Gasteiger partial charge in [-0.1, -0.05) is 29.5 Å². The average molecular weight is 489 g/mol. The number of pyridine rings is 1. The van der Waals surface area contributed by atoms with E-state index in [0.717, 1.165) is 29.4 Å². The second-order valence-corrected chi connectivity index (χ2v) is 9.64. The van der Waals surface area contributed by atoms with Gasteiger partial charge < -0.3 is 9.84 Å². The number of piperidine rings is 1. The summed E-state index contributed by atoms with van der Waals surface area (Å²) in [5, 5.41) is 10.3. The number of carboxylic acid groups (broad SMARTS) is 1. The van der Waals surface area contributed by atoms with Crippen LogP contribution in [-0.2, 0) is 4.79 Å². The molecule has 1 unspecified atom stereocenters. The van der Waals surface area contributed by atoms with Crippen molar-refractivity contribution in [2.45, 2.75) is 38.8 Å². The van der Waals surface area contributed by atoms with Gasteiger partial charge in [-0.05, 0) is 86.5 Å². The van der Waals surface area contributed by atoms with Gasteiger partial charge in [0, 0.05) is 30.1 Å². The number of carboxylic acids is 1. The number of carbonyl (C=O) groups is 1. The largest absolute Gasteiger partial charge is 0.497 e. The van der Waals surface area contributed by atoms with Gasteiger partial charge in [0.2, 0.25) is 0 Å². The molecule has 5 nitrogen and oxygen atoms in total. The Labute approximate surface area is 212 Å². The fourth-order valence-electron chi connectivity index (χ4n) is 5.09. The quantitative estimate of drug-likeness (QED) is 0.406. The van der Waals surface area contributed by atoms with Crippen LogP contribution >= 0.6 is 0 Å². The average Bonchev–Trinajstić information content (AvgIpc) is 2.88. The van der Waals surface area contributed by atoms with Crippen LogP contribution in [0.2, 0.25) is 0 Å². The van der Waals surface area contributed by atoms with Crippen LogP contribution in [0.1, 0.15) is 48.5 Å². The van der Waals surface area contributed by atoms with Crippen molar-refractivity contribution in [3.8, 4) is 17.6 Å². The Morgan fingerprint density at radius 2 is 2.03 bits per heavy atom. The summed E-state index contributed by atoms with van der Waals surface area (Å²) in [5.74, 6) is 6.45. The summed E-state index contributed by atoms with van der Waals surface area (Å²) in [7, 11) is 1.59. The number of halogens is 1. The normalized spacial score (nSPS) is 18.9. The minimum atomic E-state index is -1.15. The molecule has 0 aliphatic carbocycles. The van der Waals surface area contributed by atoms with E-state index in [-0.39, 0.29) is 18.3 Å². The zero-order valence-electron chi connectivity index (χ0n) is 20.9. The number of rotatable bonds is 8. The number of aliphatic carboxylic acids is 1. The summed E-state index contributed by atoms with van der Waals surface area (Å²) in [4.78, 5) is 18.1. The molecule has 1 aromatic heterocycles. The fourth-order valence-corrected chi connectivity index (χ4v) is 5.09. The molecule has 0 spiro atoms. The van der Waals surface area contributed by atoms with Crippen LogP contribution in [0, 0.1) is 30.6 Å². The van der Waals surface area contributed by atoms with Gasteiger partial charge in [-0.25, -0.2) is 4.39 Å². The Balaban J connectivity index is 1.38. The summed E-state index contributed by atoms with van der Waals surface area (Å²) in [6.45, 7) is 4.17. The molecule has 2 aromatic carbocycles. The second-order valence-electron chi connectivity index (χ2n) is 9.64. The summed E-state index contributed by atoms with van der Waals surface area (Å²) >= 11 is 0. The van der Waals surface area contributed by atoms with Crippen molar-refractivity contribution in [3.63, 3.8) is 0 Å². The van der Waals surface area contributed by atoms with Crippen LogP contribution in [0.25, 0.3) is 10.9 Å². The highest BCUT2D eigenvalue weighted by molar-refractivity contribution is 5.83. The SMILES string of the molecule is COc1ccc2nccc(C(F)CC[C@@H]3CCN(CC#Cc4ccc(C)cc4)C[C@@H]3CC(=O)O)c2c1. The lowest BCUT2D eigenvalue weighted by Gasteiger charge is -2.37. The van der Waals surface area contributed by atoms with Crippen LogP contribution in [-0.4, -0.2) is 47.7 Å². The molecule has 1 aliphatic heterocycles. The standard InChI is InChI=1S/C30H33FN2O3/c1-21-5-7-22(8-6-21)4-3-16-33-17-14-23(24(20-33)18-30(34)35)9-11-28(31)26-13-15-32-29-12-10-25(36-2)19-27(26)29/h5-8,10,12-13,15,19,23-24,28H,9,11,14,16-18,20H2,1-2H3,(H,34,35)/t23-,24+,28?/m1/s1. The summed E-state index contributed by atoms with van der Waals surface area (Å²) in [6.07, 6.45) is 2.44. The maximum absolute atomic E-state index is 15.5. The minimum absolute atomic E-state index is 0.0149. The van der Waals surface area contributed by atoms with Crippen molar-refractivity contribution in [2.75, 3.05) is 26.7 Å². The van der Waals surface area contributed by atoms with Crippen molar-refractivity contribution >= 4 is 16.9 Å². The lowest BCUT2D eigenvalue weighted by atomic mass is 9.79. The molecule has 3 aromatic rings. The molecule has 0 radical (unpaired) electrons. The third-order valence-corrected chi connectivity index (χ3v) is 7.11. The molecule has 0 amide bonds. The number of likely N-dealkylation sites (tertiary alicyclic amines) is 1. The van der Waals surface area contributed by atoms with Gasteiger partial charge in [-0.15, -0.1) is 0 Å². The lowest BCUT2D eigenvalue weighted by Crippen LogP contribution is -2.41. The first kappa shape index (κ1) is 25.7. The maximum Gasteiger partial charge on any atom is 0.303 e. The third-order valence-electron chi connectivity index (χ3n) is 7.11. The van der Waals surface area contributed by atoms with E-state index in [1.54, 1.807) is 19.4 Å². The predicted octanol–water partition coefficient (Wildman–Crippen LogP) is 5.81. The third kappa shape index (κ3) is 6.61. The molecule has 188 valence electrons. The van der Waals surface area contributed by atoms with Gasteiger partial charge in [0.15, 0.2) is 0 Å².